The van der Waals surface area contributed by atoms with Gasteiger partial charge in [0.2, 0.25) is 0 Å². The zero-order chi connectivity index (χ0) is 54.1. The minimum atomic E-state index is -4.78. The first-order valence-electron chi connectivity index (χ1n) is 28.4. The van der Waals surface area contributed by atoms with Crippen molar-refractivity contribution in [3.05, 3.63) is 122 Å². The van der Waals surface area contributed by atoms with Gasteiger partial charge in [0.15, 0.2) is 6.10 Å². The van der Waals surface area contributed by atoms with Crippen LogP contribution in [0.25, 0.3) is 0 Å². The molecule has 0 aromatic rings. The molecule has 0 aromatic heterocycles. The number of carbonyl (C=O) groups is 3. The largest absolute Gasteiger partial charge is 0.472 e. The lowest BCUT2D eigenvalue weighted by atomic mass is 10.1. The van der Waals surface area contributed by atoms with Crippen LogP contribution in [0.15, 0.2) is 122 Å². The van der Waals surface area contributed by atoms with Gasteiger partial charge in [0.1, 0.15) is 12.7 Å². The molecule has 0 saturated carbocycles. The van der Waals surface area contributed by atoms with Gasteiger partial charge in [0.05, 0.1) is 19.8 Å². The Labute approximate surface area is 449 Å². The van der Waals surface area contributed by atoms with E-state index in [2.05, 4.69) is 130 Å². The third kappa shape index (κ3) is 52.7. The van der Waals surface area contributed by atoms with Gasteiger partial charge in [0, 0.05) is 19.3 Å². The highest BCUT2D eigenvalue weighted by Gasteiger charge is 2.28. The third-order valence-electron chi connectivity index (χ3n) is 11.3. The van der Waals surface area contributed by atoms with Gasteiger partial charge in [-0.05, 0) is 122 Å². The molecule has 0 aliphatic rings. The van der Waals surface area contributed by atoms with Gasteiger partial charge in [-0.2, -0.15) is 0 Å². The molecule has 0 saturated heterocycles. The fourth-order valence-corrected chi connectivity index (χ4v) is 7.87. The molecular weight excluding hydrogens is 952 g/mol. The average Bonchev–Trinajstić information content (AvgIpc) is 3.39. The first-order chi connectivity index (χ1) is 36.2. The van der Waals surface area contributed by atoms with Gasteiger partial charge in [-0.3, -0.25) is 23.4 Å². The van der Waals surface area contributed by atoms with Crippen molar-refractivity contribution in [2.45, 2.75) is 226 Å². The molecule has 2 N–H and O–H groups in total. The maximum Gasteiger partial charge on any atom is 0.472 e. The summed E-state index contributed by atoms with van der Waals surface area (Å²) >= 11 is 0. The Bertz CT molecular complexity index is 1700. The molecule has 0 spiro atoms. The van der Waals surface area contributed by atoms with Crippen LogP contribution >= 0.6 is 7.82 Å². The summed E-state index contributed by atoms with van der Waals surface area (Å²) in [6, 6.07) is 0. The predicted molar refractivity (Wildman–Crippen MR) is 306 cm³/mol. The number of unbranched alkanes of at least 4 members (excludes halogenated alkanes) is 14. The van der Waals surface area contributed by atoms with Gasteiger partial charge >= 0.3 is 25.7 Å². The number of aliphatic hydroxyl groups is 1. The molecule has 0 heterocycles. The van der Waals surface area contributed by atoms with Gasteiger partial charge in [0.25, 0.3) is 0 Å². The monoisotopic (exact) mass is 1050 g/mol. The van der Waals surface area contributed by atoms with Crippen molar-refractivity contribution >= 4 is 25.7 Å². The third-order valence-corrected chi connectivity index (χ3v) is 12.3. The predicted octanol–water partition coefficient (Wildman–Crippen LogP) is 16.8. The SMILES string of the molecule is CC/C=C\C/C=C\C/C=C\C/C=C\C/C=C\CCCC(=O)OC(COC(=O)CCCCCCC/C=C\C/C=C\CCCCC)COP(=O)(O)OCC(CO)OC(=O)CCCCCCC/C=C\C/C=C\C/C=C\CC. The number of hydrogen-bond acceptors (Lipinski definition) is 10. The summed E-state index contributed by atoms with van der Waals surface area (Å²) < 4.78 is 39.4. The van der Waals surface area contributed by atoms with Gasteiger partial charge in [-0.1, -0.05) is 194 Å². The second-order valence-electron chi connectivity index (χ2n) is 18.3. The van der Waals surface area contributed by atoms with Crippen LogP contribution in [0.5, 0.6) is 0 Å². The van der Waals surface area contributed by atoms with Crippen LogP contribution in [-0.2, 0) is 42.2 Å². The number of phosphoric ester groups is 1. The van der Waals surface area contributed by atoms with Crippen LogP contribution in [-0.4, -0.2) is 66.5 Å². The molecule has 0 radical (unpaired) electrons. The van der Waals surface area contributed by atoms with E-state index in [-0.39, 0.29) is 25.9 Å². The molecule has 0 bridgehead atoms. The number of phosphoric acid groups is 1. The van der Waals surface area contributed by atoms with Crippen molar-refractivity contribution in [3.63, 3.8) is 0 Å². The minimum absolute atomic E-state index is 0.0787. The standard InChI is InChI=1S/C62H101O11P/c1-4-7-10-13-16-19-22-25-28-29-32-35-38-41-44-47-50-53-62(66)73-59(55-69-60(64)51-48-45-42-39-36-33-30-26-23-20-17-14-11-8-5-2)57-71-74(67,68)70-56-58(54-63)72-61(65)52-49-46-43-40-37-34-31-27-24-21-18-15-12-9-6-3/h7,9-10,12,16-21,25-28,30-32,35,41,44,58-59,63H,4-6,8,11,13-15,22-24,29,33-34,36-40,42-43,45-57H2,1-3H3,(H,67,68)/b10-7-,12-9-,19-16-,20-17-,21-18-,28-25-,30-26-,31-27-,35-32-,44-41-. The smallest absolute Gasteiger partial charge is 0.462 e. The van der Waals surface area contributed by atoms with E-state index >= 15 is 0 Å². The molecule has 0 aliphatic heterocycles. The topological polar surface area (TPSA) is 155 Å². The number of aliphatic hydroxyl groups excluding tert-OH is 1. The molecule has 0 rings (SSSR count). The Balaban J connectivity index is 4.86. The second-order valence-corrected chi connectivity index (χ2v) is 19.8. The molecule has 11 nitrogen and oxygen atoms in total. The highest BCUT2D eigenvalue weighted by Crippen LogP contribution is 2.43. The van der Waals surface area contributed by atoms with Crippen LogP contribution in [0, 0.1) is 0 Å². The average molecular weight is 1050 g/mol. The van der Waals surface area contributed by atoms with E-state index in [1.54, 1.807) is 0 Å². The van der Waals surface area contributed by atoms with Crippen molar-refractivity contribution in [1.29, 1.82) is 0 Å². The zero-order valence-corrected chi connectivity index (χ0v) is 47.2. The van der Waals surface area contributed by atoms with E-state index in [1.807, 2.05) is 12.2 Å². The van der Waals surface area contributed by atoms with Crippen molar-refractivity contribution in [2.24, 2.45) is 0 Å². The summed E-state index contributed by atoms with van der Waals surface area (Å²) in [5, 5.41) is 9.81. The number of allylic oxidation sites excluding steroid dienone is 20. The highest BCUT2D eigenvalue weighted by molar-refractivity contribution is 7.47. The van der Waals surface area contributed by atoms with Crippen molar-refractivity contribution in [2.75, 3.05) is 26.4 Å². The summed E-state index contributed by atoms with van der Waals surface area (Å²) in [7, 11) is -4.78. The zero-order valence-electron chi connectivity index (χ0n) is 46.3. The van der Waals surface area contributed by atoms with Crippen molar-refractivity contribution in [3.8, 4) is 0 Å². The normalized spacial score (nSPS) is 14.3. The maximum atomic E-state index is 12.9. The molecule has 0 fully saturated rings. The number of ether oxygens (including phenoxy) is 3. The van der Waals surface area contributed by atoms with Gasteiger partial charge < -0.3 is 24.2 Å². The summed E-state index contributed by atoms with van der Waals surface area (Å²) in [4.78, 5) is 48.5. The summed E-state index contributed by atoms with van der Waals surface area (Å²) in [5.41, 5.74) is 0. The lowest BCUT2D eigenvalue weighted by Gasteiger charge is -2.21. The van der Waals surface area contributed by atoms with Crippen LogP contribution < -0.4 is 0 Å². The highest BCUT2D eigenvalue weighted by atomic mass is 31.2. The Morgan fingerprint density at radius 2 is 0.716 bits per heavy atom. The Hall–Kier alpha value is -4.12. The maximum absolute atomic E-state index is 12.9. The van der Waals surface area contributed by atoms with E-state index in [1.165, 1.54) is 19.3 Å². The van der Waals surface area contributed by atoms with Gasteiger partial charge in [-0.15, -0.1) is 0 Å². The Morgan fingerprint density at radius 1 is 0.392 bits per heavy atom. The summed E-state index contributed by atoms with van der Waals surface area (Å²) in [6.07, 6.45) is 67.3. The fraction of sp³-hybridized carbons (Fsp3) is 0.629. The number of esters is 3. The first-order valence-corrected chi connectivity index (χ1v) is 29.9. The number of carbonyl (C=O) groups excluding carboxylic acids is 3. The van der Waals surface area contributed by atoms with E-state index < -0.39 is 57.8 Å². The van der Waals surface area contributed by atoms with Crippen LogP contribution in [0.1, 0.15) is 213 Å². The van der Waals surface area contributed by atoms with Crippen molar-refractivity contribution < 1.29 is 52.2 Å². The van der Waals surface area contributed by atoms with Crippen molar-refractivity contribution in [1.82, 2.24) is 0 Å². The molecule has 0 aliphatic carbocycles. The Morgan fingerprint density at radius 3 is 1.14 bits per heavy atom. The Kier molecular flexibility index (Phi) is 52.1. The molecule has 12 heteroatoms. The molecule has 0 aromatic carbocycles. The molecule has 3 unspecified atom stereocenters. The molecule has 0 amide bonds. The van der Waals surface area contributed by atoms with E-state index in [4.69, 9.17) is 23.3 Å². The second kappa shape index (κ2) is 55.1. The first kappa shape index (κ1) is 69.9. The van der Waals surface area contributed by atoms with E-state index in [0.29, 0.717) is 25.7 Å². The van der Waals surface area contributed by atoms with Crippen LogP contribution in [0.2, 0.25) is 0 Å². The quantitative estimate of drug-likeness (QED) is 0.0197. The van der Waals surface area contributed by atoms with Crippen LogP contribution in [0.4, 0.5) is 0 Å². The lowest BCUT2D eigenvalue weighted by Crippen LogP contribution is -2.30. The lowest BCUT2D eigenvalue weighted by molar-refractivity contribution is -0.161. The minimum Gasteiger partial charge on any atom is -0.462 e. The summed E-state index contributed by atoms with van der Waals surface area (Å²) in [6.45, 7) is 4.27. The van der Waals surface area contributed by atoms with Gasteiger partial charge in [-0.25, -0.2) is 4.57 Å². The number of hydrogen-bond donors (Lipinski definition) is 2. The van der Waals surface area contributed by atoms with Crippen LogP contribution in [0.3, 0.4) is 0 Å². The molecular formula is C62H101O11P. The fourth-order valence-electron chi connectivity index (χ4n) is 7.08. The summed E-state index contributed by atoms with van der Waals surface area (Å²) in [5.74, 6) is -1.58. The van der Waals surface area contributed by atoms with E-state index in [9.17, 15) is 28.9 Å². The molecule has 3 atom stereocenters. The molecule has 74 heavy (non-hydrogen) atoms. The van der Waals surface area contributed by atoms with E-state index in [0.717, 1.165) is 128 Å². The molecule has 420 valence electrons. The number of rotatable bonds is 51.